The number of carbonyl (C=O) groups is 1. The van der Waals surface area contributed by atoms with Crippen LogP contribution in [0.4, 0.5) is 0 Å². The summed E-state index contributed by atoms with van der Waals surface area (Å²) >= 11 is 0. The van der Waals surface area contributed by atoms with Crippen LogP contribution in [0.25, 0.3) is 10.9 Å². The molecule has 1 atom stereocenters. The van der Waals surface area contributed by atoms with Crippen molar-refractivity contribution >= 4 is 22.8 Å². The maximum Gasteiger partial charge on any atom is 0.231 e. The van der Waals surface area contributed by atoms with E-state index in [0.29, 0.717) is 6.42 Å². The molecule has 2 heterocycles. The number of pyridine rings is 1. The predicted molar refractivity (Wildman–Crippen MR) is 73.5 cm³/mol. The van der Waals surface area contributed by atoms with Crippen molar-refractivity contribution in [3.8, 4) is 0 Å². The van der Waals surface area contributed by atoms with Gasteiger partial charge in [-0.2, -0.15) is 0 Å². The van der Waals surface area contributed by atoms with E-state index in [1.54, 1.807) is 13.2 Å². The molecule has 3 rings (SSSR count). The summed E-state index contributed by atoms with van der Waals surface area (Å²) in [5.41, 5.74) is 7.68. The van der Waals surface area contributed by atoms with Crippen molar-refractivity contribution in [3.05, 3.63) is 42.1 Å². The molecule has 1 unspecified atom stereocenters. The molecule has 5 nitrogen and oxygen atoms in total. The van der Waals surface area contributed by atoms with E-state index in [1.165, 1.54) is 4.90 Å². The Labute approximate surface area is 110 Å². The zero-order chi connectivity index (χ0) is 13.4. The van der Waals surface area contributed by atoms with Crippen LogP contribution in [-0.2, 0) is 4.79 Å². The third-order valence-corrected chi connectivity index (χ3v) is 3.39. The summed E-state index contributed by atoms with van der Waals surface area (Å²) in [6.45, 7) is 0. The lowest BCUT2D eigenvalue weighted by molar-refractivity contribution is -0.127. The number of benzene rings is 1. The molecule has 0 fully saturated rings. The fourth-order valence-corrected chi connectivity index (χ4v) is 2.22. The smallest absolute Gasteiger partial charge is 0.231 e. The minimum Gasteiger partial charge on any atom is -0.369 e. The Morgan fingerprint density at radius 3 is 3.00 bits per heavy atom. The number of nitrogens with two attached hydrogens (primary N) is 1. The van der Waals surface area contributed by atoms with Crippen molar-refractivity contribution in [2.75, 3.05) is 7.05 Å². The van der Waals surface area contributed by atoms with Crippen molar-refractivity contribution in [1.29, 1.82) is 0 Å². The fraction of sp³-hybridized carbons (Fsp3) is 0.214. The van der Waals surface area contributed by atoms with Gasteiger partial charge in [-0.15, -0.1) is 0 Å². The Kier molecular flexibility index (Phi) is 2.67. The maximum absolute atomic E-state index is 11.8. The Bertz CT molecular complexity index is 680. The quantitative estimate of drug-likeness (QED) is 0.837. The van der Waals surface area contributed by atoms with Gasteiger partial charge in [-0.25, -0.2) is 4.99 Å². The maximum atomic E-state index is 11.8. The average molecular weight is 254 g/mol. The van der Waals surface area contributed by atoms with E-state index in [0.717, 1.165) is 16.5 Å². The standard InChI is InChI=1S/C14H14N4O/c1-18-13(19)8-12(17-14(18)15)10-4-5-11-9(7-10)3-2-6-16-11/h2-7,12H,8H2,1H3,(H2,15,17). The molecule has 0 bridgehead atoms. The molecule has 0 radical (unpaired) electrons. The van der Waals surface area contributed by atoms with Crippen LogP contribution < -0.4 is 5.73 Å². The number of aliphatic imine (C=N–C) groups is 1. The number of hydrogen-bond acceptors (Lipinski definition) is 4. The van der Waals surface area contributed by atoms with E-state index in [1.807, 2.05) is 30.3 Å². The van der Waals surface area contributed by atoms with E-state index in [9.17, 15) is 4.79 Å². The average Bonchev–Trinajstić information content (AvgIpc) is 2.43. The summed E-state index contributed by atoms with van der Waals surface area (Å²) in [5, 5.41) is 1.04. The fourth-order valence-electron chi connectivity index (χ4n) is 2.22. The first-order chi connectivity index (χ1) is 9.15. The lowest BCUT2D eigenvalue weighted by atomic mass is 10.0. The Morgan fingerprint density at radius 2 is 2.21 bits per heavy atom. The summed E-state index contributed by atoms with van der Waals surface area (Å²) in [7, 11) is 1.64. The molecule has 1 aromatic carbocycles. The molecule has 19 heavy (non-hydrogen) atoms. The first-order valence-electron chi connectivity index (χ1n) is 6.09. The number of fused-ring (bicyclic) bond motifs is 1. The van der Waals surface area contributed by atoms with Gasteiger partial charge in [-0.3, -0.25) is 14.7 Å². The Hall–Kier alpha value is -2.43. The number of nitrogens with zero attached hydrogens (tertiary/aromatic N) is 3. The van der Waals surface area contributed by atoms with E-state index in [-0.39, 0.29) is 17.9 Å². The summed E-state index contributed by atoms with van der Waals surface area (Å²) < 4.78 is 0. The minimum atomic E-state index is -0.201. The summed E-state index contributed by atoms with van der Waals surface area (Å²) in [6, 6.07) is 9.60. The summed E-state index contributed by atoms with van der Waals surface area (Å²) in [4.78, 5) is 21.8. The molecule has 5 heteroatoms. The molecule has 0 saturated carbocycles. The predicted octanol–water partition coefficient (Wildman–Crippen LogP) is 1.45. The van der Waals surface area contributed by atoms with Gasteiger partial charge in [0.25, 0.3) is 0 Å². The zero-order valence-corrected chi connectivity index (χ0v) is 10.6. The lowest BCUT2D eigenvalue weighted by Gasteiger charge is -2.25. The number of carbonyl (C=O) groups excluding carboxylic acids is 1. The third-order valence-electron chi connectivity index (χ3n) is 3.39. The largest absolute Gasteiger partial charge is 0.369 e. The Balaban J connectivity index is 2.03. The molecule has 1 amide bonds. The second-order valence-corrected chi connectivity index (χ2v) is 4.62. The SMILES string of the molecule is CN1C(=O)CC(c2ccc3ncccc3c2)N=C1N. The van der Waals surface area contributed by atoms with Crippen molar-refractivity contribution in [2.24, 2.45) is 10.7 Å². The lowest BCUT2D eigenvalue weighted by Crippen LogP contribution is -2.42. The van der Waals surface area contributed by atoms with Gasteiger partial charge < -0.3 is 5.73 Å². The van der Waals surface area contributed by atoms with Crippen LogP contribution in [0.3, 0.4) is 0 Å². The van der Waals surface area contributed by atoms with Crippen LogP contribution in [0.2, 0.25) is 0 Å². The topological polar surface area (TPSA) is 71.6 Å². The van der Waals surface area contributed by atoms with E-state index >= 15 is 0 Å². The molecule has 0 aliphatic carbocycles. The van der Waals surface area contributed by atoms with Gasteiger partial charge in [0.15, 0.2) is 5.96 Å². The van der Waals surface area contributed by atoms with Crippen molar-refractivity contribution in [2.45, 2.75) is 12.5 Å². The van der Waals surface area contributed by atoms with Crippen LogP contribution in [0.1, 0.15) is 18.0 Å². The number of guanidine groups is 1. The molecule has 0 saturated heterocycles. The van der Waals surface area contributed by atoms with Gasteiger partial charge in [-0.05, 0) is 23.8 Å². The highest BCUT2D eigenvalue weighted by Crippen LogP contribution is 2.27. The molecule has 1 aliphatic heterocycles. The first kappa shape index (κ1) is 11.6. The van der Waals surface area contributed by atoms with Crippen molar-refractivity contribution in [3.63, 3.8) is 0 Å². The van der Waals surface area contributed by atoms with Gasteiger partial charge in [0.1, 0.15) is 0 Å². The van der Waals surface area contributed by atoms with E-state index < -0.39 is 0 Å². The van der Waals surface area contributed by atoms with Gasteiger partial charge in [0.2, 0.25) is 5.91 Å². The highest BCUT2D eigenvalue weighted by molar-refractivity contribution is 5.98. The van der Waals surface area contributed by atoms with Gasteiger partial charge in [0.05, 0.1) is 18.0 Å². The molecule has 96 valence electrons. The van der Waals surface area contributed by atoms with E-state index in [2.05, 4.69) is 9.98 Å². The van der Waals surface area contributed by atoms with Crippen molar-refractivity contribution in [1.82, 2.24) is 9.88 Å². The van der Waals surface area contributed by atoms with Crippen LogP contribution >= 0.6 is 0 Å². The van der Waals surface area contributed by atoms with Crippen LogP contribution in [-0.4, -0.2) is 28.8 Å². The van der Waals surface area contributed by atoms with Crippen molar-refractivity contribution < 1.29 is 4.79 Å². The highest BCUT2D eigenvalue weighted by Gasteiger charge is 2.25. The molecule has 1 aliphatic rings. The number of amides is 1. The van der Waals surface area contributed by atoms with Gasteiger partial charge >= 0.3 is 0 Å². The zero-order valence-electron chi connectivity index (χ0n) is 10.6. The normalized spacial score (nSPS) is 19.6. The molecule has 2 N–H and O–H groups in total. The molecular formula is C14H14N4O. The second kappa shape index (κ2) is 4.35. The molecule has 0 spiro atoms. The van der Waals surface area contributed by atoms with Crippen LogP contribution in [0.5, 0.6) is 0 Å². The number of hydrogen-bond donors (Lipinski definition) is 1. The van der Waals surface area contributed by atoms with Crippen LogP contribution in [0.15, 0.2) is 41.5 Å². The molecule has 1 aromatic heterocycles. The second-order valence-electron chi connectivity index (χ2n) is 4.62. The Morgan fingerprint density at radius 1 is 1.37 bits per heavy atom. The monoisotopic (exact) mass is 254 g/mol. The minimum absolute atomic E-state index is 0.0104. The first-order valence-corrected chi connectivity index (χ1v) is 6.09. The number of aromatic nitrogens is 1. The van der Waals surface area contributed by atoms with Crippen LogP contribution in [0, 0.1) is 0 Å². The highest BCUT2D eigenvalue weighted by atomic mass is 16.2. The molecule has 2 aromatic rings. The van der Waals surface area contributed by atoms with Gasteiger partial charge in [-0.1, -0.05) is 12.1 Å². The molecular weight excluding hydrogens is 240 g/mol. The summed E-state index contributed by atoms with van der Waals surface area (Å²) in [5.74, 6) is 0.260. The van der Waals surface area contributed by atoms with E-state index in [4.69, 9.17) is 5.73 Å². The summed E-state index contributed by atoms with van der Waals surface area (Å²) in [6.07, 6.45) is 2.11. The third kappa shape index (κ3) is 2.03. The van der Waals surface area contributed by atoms with Gasteiger partial charge in [0, 0.05) is 18.6 Å². The number of rotatable bonds is 1.